The van der Waals surface area contributed by atoms with E-state index in [2.05, 4.69) is 13.8 Å². The lowest BCUT2D eigenvalue weighted by molar-refractivity contribution is 0.0743. The van der Waals surface area contributed by atoms with E-state index in [0.717, 1.165) is 5.75 Å². The minimum absolute atomic E-state index is 0.0168. The Kier molecular flexibility index (Phi) is 3.87. The molecule has 0 aromatic heterocycles. The molecule has 98 valence electrons. The predicted molar refractivity (Wildman–Crippen MR) is 73.9 cm³/mol. The van der Waals surface area contributed by atoms with Gasteiger partial charge < -0.3 is 4.90 Å². The van der Waals surface area contributed by atoms with Crippen LogP contribution in [0.5, 0.6) is 0 Å². The van der Waals surface area contributed by atoms with Crippen molar-refractivity contribution < 1.29 is 9.18 Å². The van der Waals surface area contributed by atoms with E-state index in [-0.39, 0.29) is 16.2 Å². The summed E-state index contributed by atoms with van der Waals surface area (Å²) in [6.45, 7) is 5.46. The molecule has 0 spiro atoms. The zero-order chi connectivity index (χ0) is 13.3. The normalized spacial score (nSPS) is 18.8. The summed E-state index contributed by atoms with van der Waals surface area (Å²) in [6, 6.07) is 4.08. The SMILES string of the molecule is CC1(C)CN(C(=O)c2cc(Cl)ccc2F)CCS1. The van der Waals surface area contributed by atoms with E-state index in [1.54, 1.807) is 4.90 Å². The smallest absolute Gasteiger partial charge is 0.256 e. The van der Waals surface area contributed by atoms with E-state index in [4.69, 9.17) is 11.6 Å². The van der Waals surface area contributed by atoms with E-state index < -0.39 is 5.82 Å². The Morgan fingerprint density at radius 2 is 2.22 bits per heavy atom. The average molecular weight is 288 g/mol. The van der Waals surface area contributed by atoms with Gasteiger partial charge in [-0.1, -0.05) is 11.6 Å². The molecule has 1 aliphatic rings. The van der Waals surface area contributed by atoms with Crippen LogP contribution in [0.3, 0.4) is 0 Å². The lowest BCUT2D eigenvalue weighted by Gasteiger charge is -2.37. The molecule has 2 nitrogen and oxygen atoms in total. The lowest BCUT2D eigenvalue weighted by Crippen LogP contribution is -2.46. The topological polar surface area (TPSA) is 20.3 Å². The van der Waals surface area contributed by atoms with Gasteiger partial charge in [-0.05, 0) is 32.0 Å². The number of hydrogen-bond donors (Lipinski definition) is 0. The van der Waals surface area contributed by atoms with Crippen LogP contribution in [0.2, 0.25) is 5.02 Å². The van der Waals surface area contributed by atoms with Crippen molar-refractivity contribution in [1.82, 2.24) is 4.90 Å². The van der Waals surface area contributed by atoms with Crippen LogP contribution in [0, 0.1) is 5.82 Å². The number of rotatable bonds is 1. The Morgan fingerprint density at radius 1 is 1.50 bits per heavy atom. The van der Waals surface area contributed by atoms with Crippen LogP contribution in [-0.4, -0.2) is 34.4 Å². The van der Waals surface area contributed by atoms with E-state index in [1.807, 2.05) is 11.8 Å². The Balaban J connectivity index is 2.23. The standard InChI is InChI=1S/C13H15ClFNOS/c1-13(2)8-16(5-6-18-13)12(17)10-7-9(14)3-4-11(10)15/h3-4,7H,5-6,8H2,1-2H3. The summed E-state index contributed by atoms with van der Waals surface area (Å²) in [5.74, 6) is 0.0878. The van der Waals surface area contributed by atoms with Crippen LogP contribution in [0.4, 0.5) is 4.39 Å². The number of thioether (sulfide) groups is 1. The van der Waals surface area contributed by atoms with Gasteiger partial charge in [0, 0.05) is 28.6 Å². The Morgan fingerprint density at radius 3 is 2.89 bits per heavy atom. The van der Waals surface area contributed by atoms with Gasteiger partial charge in [0.2, 0.25) is 0 Å². The maximum absolute atomic E-state index is 13.7. The summed E-state index contributed by atoms with van der Waals surface area (Å²) in [6.07, 6.45) is 0. The van der Waals surface area contributed by atoms with Crippen molar-refractivity contribution in [3.8, 4) is 0 Å². The highest BCUT2D eigenvalue weighted by molar-refractivity contribution is 8.00. The highest BCUT2D eigenvalue weighted by atomic mass is 35.5. The third-order valence-corrected chi connectivity index (χ3v) is 4.40. The van der Waals surface area contributed by atoms with Gasteiger partial charge in [0.25, 0.3) is 5.91 Å². The molecule has 0 aliphatic carbocycles. The fraction of sp³-hybridized carbons (Fsp3) is 0.462. The Hall–Kier alpha value is -0.740. The van der Waals surface area contributed by atoms with E-state index >= 15 is 0 Å². The molecule has 1 saturated heterocycles. The zero-order valence-electron chi connectivity index (χ0n) is 10.4. The number of carbonyl (C=O) groups excluding carboxylic acids is 1. The summed E-state index contributed by atoms with van der Waals surface area (Å²) < 4.78 is 13.7. The second-order valence-corrected chi connectivity index (χ2v) is 7.20. The summed E-state index contributed by atoms with van der Waals surface area (Å²) in [7, 11) is 0. The van der Waals surface area contributed by atoms with Crippen molar-refractivity contribution in [3.05, 3.63) is 34.6 Å². The largest absolute Gasteiger partial charge is 0.336 e. The third kappa shape index (κ3) is 2.98. The second kappa shape index (κ2) is 5.10. The fourth-order valence-electron chi connectivity index (χ4n) is 2.02. The molecule has 0 radical (unpaired) electrons. The highest BCUT2D eigenvalue weighted by Gasteiger charge is 2.31. The van der Waals surface area contributed by atoms with Gasteiger partial charge in [-0.3, -0.25) is 4.79 Å². The van der Waals surface area contributed by atoms with Crippen LogP contribution in [0.15, 0.2) is 18.2 Å². The maximum Gasteiger partial charge on any atom is 0.256 e. The summed E-state index contributed by atoms with van der Waals surface area (Å²) in [4.78, 5) is 14.0. The molecule has 1 heterocycles. The first kappa shape index (κ1) is 13.7. The molecule has 0 unspecified atom stereocenters. The summed E-state index contributed by atoms with van der Waals surface area (Å²) in [5.41, 5.74) is 0.0604. The van der Waals surface area contributed by atoms with Crippen molar-refractivity contribution in [2.24, 2.45) is 0 Å². The number of halogens is 2. The lowest BCUT2D eigenvalue weighted by atomic mass is 10.1. The van der Waals surface area contributed by atoms with Gasteiger partial charge in [-0.15, -0.1) is 0 Å². The third-order valence-electron chi connectivity index (χ3n) is 2.87. The van der Waals surface area contributed by atoms with Crippen LogP contribution in [-0.2, 0) is 0 Å². The number of amides is 1. The number of benzene rings is 1. The predicted octanol–water partition coefficient (Wildman–Crippen LogP) is 3.45. The number of hydrogen-bond acceptors (Lipinski definition) is 2. The average Bonchev–Trinajstić information content (AvgIpc) is 2.30. The quantitative estimate of drug-likeness (QED) is 0.788. The number of nitrogens with zero attached hydrogens (tertiary/aromatic N) is 1. The zero-order valence-corrected chi connectivity index (χ0v) is 11.9. The fourth-order valence-corrected chi connectivity index (χ4v) is 3.31. The Bertz CT molecular complexity index is 478. The van der Waals surface area contributed by atoms with Gasteiger partial charge in [-0.2, -0.15) is 11.8 Å². The summed E-state index contributed by atoms with van der Waals surface area (Å²) in [5, 5.41) is 0.380. The van der Waals surface area contributed by atoms with Crippen molar-refractivity contribution >= 4 is 29.3 Å². The molecule has 1 amide bonds. The van der Waals surface area contributed by atoms with Crippen LogP contribution < -0.4 is 0 Å². The van der Waals surface area contributed by atoms with E-state index in [9.17, 15) is 9.18 Å². The minimum Gasteiger partial charge on any atom is -0.336 e. The van der Waals surface area contributed by atoms with Crippen molar-refractivity contribution in [2.45, 2.75) is 18.6 Å². The molecule has 18 heavy (non-hydrogen) atoms. The van der Waals surface area contributed by atoms with E-state index in [0.29, 0.717) is 18.1 Å². The molecule has 0 bridgehead atoms. The van der Waals surface area contributed by atoms with E-state index in [1.165, 1.54) is 18.2 Å². The molecule has 0 atom stereocenters. The molecular formula is C13H15ClFNOS. The Labute approximate surface area is 115 Å². The van der Waals surface area contributed by atoms with Gasteiger partial charge in [0.15, 0.2) is 0 Å². The van der Waals surface area contributed by atoms with Gasteiger partial charge in [-0.25, -0.2) is 4.39 Å². The minimum atomic E-state index is -0.513. The molecular weight excluding hydrogens is 273 g/mol. The first-order valence-electron chi connectivity index (χ1n) is 5.77. The van der Waals surface area contributed by atoms with Crippen LogP contribution in [0.1, 0.15) is 24.2 Å². The first-order valence-corrected chi connectivity index (χ1v) is 7.14. The first-order chi connectivity index (χ1) is 8.39. The molecule has 2 rings (SSSR count). The van der Waals surface area contributed by atoms with Gasteiger partial charge >= 0.3 is 0 Å². The molecule has 1 fully saturated rings. The van der Waals surface area contributed by atoms with Crippen molar-refractivity contribution in [3.63, 3.8) is 0 Å². The number of carbonyl (C=O) groups is 1. The molecule has 0 N–H and O–H groups in total. The van der Waals surface area contributed by atoms with Gasteiger partial charge in [0.05, 0.1) is 5.56 Å². The van der Waals surface area contributed by atoms with Crippen molar-refractivity contribution in [2.75, 3.05) is 18.8 Å². The summed E-state index contributed by atoms with van der Waals surface area (Å²) >= 11 is 7.64. The van der Waals surface area contributed by atoms with Crippen molar-refractivity contribution in [1.29, 1.82) is 0 Å². The monoisotopic (exact) mass is 287 g/mol. The molecule has 5 heteroatoms. The molecule has 1 aliphatic heterocycles. The second-order valence-electron chi connectivity index (χ2n) is 4.96. The molecule has 1 aromatic rings. The maximum atomic E-state index is 13.7. The highest BCUT2D eigenvalue weighted by Crippen LogP contribution is 2.30. The van der Waals surface area contributed by atoms with Crippen LogP contribution >= 0.6 is 23.4 Å². The molecule has 1 aromatic carbocycles. The van der Waals surface area contributed by atoms with Crippen LogP contribution in [0.25, 0.3) is 0 Å². The van der Waals surface area contributed by atoms with Gasteiger partial charge in [0.1, 0.15) is 5.82 Å². The molecule has 0 saturated carbocycles.